The normalized spacial score (nSPS) is 15.3. The van der Waals surface area contributed by atoms with Crippen LogP contribution in [-0.4, -0.2) is 70.3 Å². The summed E-state index contributed by atoms with van der Waals surface area (Å²) in [5.41, 5.74) is 0. The van der Waals surface area contributed by atoms with Gasteiger partial charge in [-0.3, -0.25) is 0 Å². The summed E-state index contributed by atoms with van der Waals surface area (Å²) < 4.78 is 31.7. The maximum Gasteiger partial charge on any atom is 0.466 e. The molecule has 21 heavy (non-hydrogen) atoms. The van der Waals surface area contributed by atoms with E-state index < -0.39 is 23.5 Å². The summed E-state index contributed by atoms with van der Waals surface area (Å²) in [6.45, 7) is 3.83. The van der Waals surface area contributed by atoms with Crippen LogP contribution in [0, 0.1) is 0 Å². The van der Waals surface area contributed by atoms with E-state index in [0.29, 0.717) is 0 Å². The molecule has 1 fully saturated rings. The van der Waals surface area contributed by atoms with Gasteiger partial charge in [0.05, 0.1) is 13.2 Å². The molecule has 1 rings (SSSR count). The Bertz CT molecular complexity index is 280. The van der Waals surface area contributed by atoms with Crippen LogP contribution in [0.4, 0.5) is 0 Å². The smallest absolute Gasteiger partial charge is 0.379 e. The molecule has 0 aromatic heterocycles. The molecule has 1 saturated heterocycles. The summed E-state index contributed by atoms with van der Waals surface area (Å²) in [6, 6.07) is 0. The van der Waals surface area contributed by atoms with Crippen LogP contribution in [0.1, 0.15) is 0 Å². The van der Waals surface area contributed by atoms with Gasteiger partial charge in [-0.15, -0.1) is 0 Å². The maximum absolute atomic E-state index is 8.88. The fourth-order valence-corrected chi connectivity index (χ4v) is 0.516. The molecule has 0 saturated carbocycles. The zero-order valence-electron chi connectivity index (χ0n) is 10.3. The van der Waals surface area contributed by atoms with Crippen molar-refractivity contribution in [3.8, 4) is 0 Å². The molecule has 0 atom stereocenters. The number of phosphoric acid groups is 3. The lowest BCUT2D eigenvalue weighted by molar-refractivity contribution is 0.109. The van der Waals surface area contributed by atoms with Gasteiger partial charge in [0.25, 0.3) is 0 Å². The third kappa shape index (κ3) is 173. The van der Waals surface area contributed by atoms with Crippen molar-refractivity contribution in [2.24, 2.45) is 0 Å². The van der Waals surface area contributed by atoms with E-state index in [-0.39, 0.29) is 0 Å². The van der Waals surface area contributed by atoms with Crippen molar-refractivity contribution in [1.29, 1.82) is 0 Å². The van der Waals surface area contributed by atoms with Crippen LogP contribution in [-0.2, 0) is 18.4 Å². The predicted molar refractivity (Wildman–Crippen MR) is 66.5 cm³/mol. The molecule has 0 unspecified atom stereocenters. The largest absolute Gasteiger partial charge is 0.466 e. The first-order valence-electron chi connectivity index (χ1n) is 4.63. The summed E-state index contributed by atoms with van der Waals surface area (Å²) >= 11 is 0. The fraction of sp³-hybridized carbons (Fsp3) is 1.00. The van der Waals surface area contributed by atoms with E-state index in [0.717, 1.165) is 26.3 Å². The van der Waals surface area contributed by atoms with E-state index in [2.05, 4.69) is 5.32 Å². The molecule has 0 aromatic rings. The topological polar surface area (TPSA) is 255 Å². The lowest BCUT2D eigenvalue weighted by Crippen LogP contribution is -2.30. The molecule has 17 heteroatoms. The van der Waals surface area contributed by atoms with Crippen LogP contribution < -0.4 is 5.32 Å². The number of morpholine rings is 1. The zero-order chi connectivity index (χ0) is 17.7. The van der Waals surface area contributed by atoms with Crippen LogP contribution in [0.3, 0.4) is 0 Å². The highest BCUT2D eigenvalue weighted by Crippen LogP contribution is 2.26. The van der Waals surface area contributed by atoms with Crippen molar-refractivity contribution in [1.82, 2.24) is 5.32 Å². The Kier molecular flexibility index (Phi) is 15.9. The Morgan fingerprint density at radius 3 is 0.857 bits per heavy atom. The van der Waals surface area contributed by atoms with Crippen LogP contribution in [0.2, 0.25) is 0 Å². The van der Waals surface area contributed by atoms with E-state index in [1.54, 1.807) is 0 Å². The van der Waals surface area contributed by atoms with Crippen molar-refractivity contribution in [3.05, 3.63) is 0 Å². The first-order valence-corrected chi connectivity index (χ1v) is 9.33. The average molecular weight is 381 g/mol. The van der Waals surface area contributed by atoms with E-state index in [1.165, 1.54) is 0 Å². The number of nitrogens with one attached hydrogen (secondary N) is 1. The molecule has 0 aromatic carbocycles. The van der Waals surface area contributed by atoms with Crippen LogP contribution in [0.25, 0.3) is 0 Å². The van der Waals surface area contributed by atoms with Crippen molar-refractivity contribution < 1.29 is 62.5 Å². The summed E-state index contributed by atoms with van der Waals surface area (Å²) in [7, 11) is -13.9. The number of hydrogen-bond acceptors (Lipinski definition) is 5. The van der Waals surface area contributed by atoms with Gasteiger partial charge in [0, 0.05) is 13.1 Å². The van der Waals surface area contributed by atoms with Crippen LogP contribution in [0.5, 0.6) is 0 Å². The molecule has 132 valence electrons. The fourth-order valence-electron chi connectivity index (χ4n) is 0.516. The zero-order valence-corrected chi connectivity index (χ0v) is 13.0. The van der Waals surface area contributed by atoms with E-state index in [9.17, 15) is 0 Å². The minimum atomic E-state index is -4.64. The van der Waals surface area contributed by atoms with Gasteiger partial charge < -0.3 is 54.1 Å². The Labute approximate surface area is 118 Å². The Balaban J connectivity index is -0.000000207. The molecule has 14 nitrogen and oxygen atoms in total. The summed E-state index contributed by atoms with van der Waals surface area (Å²) in [4.78, 5) is 64.7. The van der Waals surface area contributed by atoms with Gasteiger partial charge in [-0.05, 0) is 0 Å². The van der Waals surface area contributed by atoms with Gasteiger partial charge in [-0.1, -0.05) is 0 Å². The Morgan fingerprint density at radius 1 is 0.619 bits per heavy atom. The molecular weight excluding hydrogens is 363 g/mol. The third-order valence-electron chi connectivity index (χ3n) is 0.846. The quantitative estimate of drug-likeness (QED) is 0.186. The second-order valence-corrected chi connectivity index (χ2v) is 5.98. The van der Waals surface area contributed by atoms with Gasteiger partial charge >= 0.3 is 23.5 Å². The minimum Gasteiger partial charge on any atom is -0.379 e. The molecule has 10 N–H and O–H groups in total. The molecule has 0 amide bonds. The summed E-state index contributed by atoms with van der Waals surface area (Å²) in [5.74, 6) is 0. The number of rotatable bonds is 0. The molecule has 1 heterocycles. The second kappa shape index (κ2) is 12.8. The number of hydrogen-bond donors (Lipinski definition) is 10. The highest BCUT2D eigenvalue weighted by atomic mass is 31.2. The van der Waals surface area contributed by atoms with E-state index >= 15 is 0 Å². The van der Waals surface area contributed by atoms with Gasteiger partial charge in [0.1, 0.15) is 0 Å². The lowest BCUT2D eigenvalue weighted by atomic mass is 10.5. The van der Waals surface area contributed by atoms with Crippen molar-refractivity contribution in [3.63, 3.8) is 0 Å². The van der Waals surface area contributed by atoms with Crippen molar-refractivity contribution in [2.75, 3.05) is 26.3 Å². The molecule has 0 aliphatic carbocycles. The molecule has 1 aliphatic rings. The van der Waals surface area contributed by atoms with Crippen LogP contribution >= 0.6 is 23.5 Å². The average Bonchev–Trinajstić information content (AvgIpc) is 2.12. The molecule has 0 radical (unpaired) electrons. The SMILES string of the molecule is C1COCCN1.O=P(O)(O)O.O=P(O)(O)O.O=P(O)(O)O. The van der Waals surface area contributed by atoms with E-state index in [1.807, 2.05) is 0 Å². The van der Waals surface area contributed by atoms with Gasteiger partial charge in [0.15, 0.2) is 0 Å². The van der Waals surface area contributed by atoms with Gasteiger partial charge in [-0.25, -0.2) is 13.7 Å². The standard InChI is InChI=1S/C4H9NO.3H3O4P/c1-3-6-4-2-5-1;3*1-5(2,3)4/h5H,1-4H2;3*(H3,1,2,3,4). The molecule has 1 aliphatic heterocycles. The highest BCUT2D eigenvalue weighted by Gasteiger charge is 2.01. The molecule has 0 bridgehead atoms. The predicted octanol–water partition coefficient (Wildman–Crippen LogP) is -3.18. The molecular formula is C4H18NO13P3. The maximum atomic E-state index is 8.88. The monoisotopic (exact) mass is 381 g/mol. The summed E-state index contributed by atoms with van der Waals surface area (Å²) in [5, 5.41) is 3.16. The lowest BCUT2D eigenvalue weighted by Gasteiger charge is -2.10. The van der Waals surface area contributed by atoms with Crippen LogP contribution in [0.15, 0.2) is 0 Å². The van der Waals surface area contributed by atoms with Crippen molar-refractivity contribution >= 4 is 23.5 Å². The van der Waals surface area contributed by atoms with E-state index in [4.69, 9.17) is 62.5 Å². The third-order valence-corrected chi connectivity index (χ3v) is 0.846. The summed E-state index contributed by atoms with van der Waals surface area (Å²) in [6.07, 6.45) is 0. The first kappa shape index (κ1) is 26.2. The van der Waals surface area contributed by atoms with Gasteiger partial charge in [0.2, 0.25) is 0 Å². The van der Waals surface area contributed by atoms with Gasteiger partial charge in [-0.2, -0.15) is 0 Å². The van der Waals surface area contributed by atoms with Crippen molar-refractivity contribution in [2.45, 2.75) is 0 Å². The Morgan fingerprint density at radius 2 is 0.810 bits per heavy atom. The minimum absolute atomic E-state index is 0.889. The highest BCUT2D eigenvalue weighted by molar-refractivity contribution is 7.45. The Hall–Kier alpha value is 0.250. The molecule has 0 spiro atoms. The second-order valence-electron chi connectivity index (χ2n) is 2.90. The first-order chi connectivity index (χ1) is 9.00. The number of ether oxygens (including phenoxy) is 1.